The zero-order valence-corrected chi connectivity index (χ0v) is 10.9. The van der Waals surface area contributed by atoms with Crippen LogP contribution in [-0.2, 0) is 12.7 Å². The number of hydrogen-bond acceptors (Lipinski definition) is 2. The van der Waals surface area contributed by atoms with Gasteiger partial charge in [-0.1, -0.05) is 23.2 Å². The van der Waals surface area contributed by atoms with Gasteiger partial charge < -0.3 is 10.2 Å². The summed E-state index contributed by atoms with van der Waals surface area (Å²) in [5.41, 5.74) is 4.70. The molecule has 0 amide bonds. The lowest BCUT2D eigenvalue weighted by Gasteiger charge is -2.10. The van der Waals surface area contributed by atoms with Crippen molar-refractivity contribution in [2.75, 3.05) is 0 Å². The van der Waals surface area contributed by atoms with Crippen molar-refractivity contribution in [1.82, 2.24) is 0 Å². The molecule has 1 heterocycles. The van der Waals surface area contributed by atoms with Crippen LogP contribution in [0.2, 0.25) is 10.0 Å². The number of hydrogen-bond donors (Lipinski definition) is 1. The minimum Gasteiger partial charge on any atom is -0.460 e. The van der Waals surface area contributed by atoms with Crippen LogP contribution in [0.3, 0.4) is 0 Å². The van der Waals surface area contributed by atoms with Gasteiger partial charge in [0.15, 0.2) is 0 Å². The second kappa shape index (κ2) is 5.07. The zero-order valence-electron chi connectivity index (χ0n) is 9.39. The molecule has 1 aromatic carbocycles. The molecule has 102 valence electrons. The fourth-order valence-electron chi connectivity index (χ4n) is 1.59. The molecule has 0 aliphatic rings. The molecule has 0 saturated carbocycles. The highest BCUT2D eigenvalue weighted by Crippen LogP contribution is 2.40. The summed E-state index contributed by atoms with van der Waals surface area (Å²) in [6, 6.07) is 4.79. The van der Waals surface area contributed by atoms with Crippen LogP contribution in [-0.4, -0.2) is 0 Å². The Morgan fingerprint density at radius 1 is 1.11 bits per heavy atom. The smallest absolute Gasteiger partial charge is 0.416 e. The molecule has 19 heavy (non-hydrogen) atoms. The number of furan rings is 1. The van der Waals surface area contributed by atoms with Crippen molar-refractivity contribution < 1.29 is 17.6 Å². The number of alkyl halides is 3. The first-order chi connectivity index (χ1) is 8.82. The Kier molecular flexibility index (Phi) is 3.80. The Morgan fingerprint density at radius 3 is 2.11 bits per heavy atom. The average molecular weight is 310 g/mol. The first-order valence-electron chi connectivity index (χ1n) is 5.18. The van der Waals surface area contributed by atoms with E-state index in [9.17, 15) is 13.2 Å². The topological polar surface area (TPSA) is 39.2 Å². The highest BCUT2D eigenvalue weighted by Gasteiger charge is 2.32. The first-order valence-corrected chi connectivity index (χ1v) is 5.94. The molecule has 0 radical (unpaired) electrons. The van der Waals surface area contributed by atoms with Crippen LogP contribution < -0.4 is 5.73 Å². The molecule has 2 N–H and O–H groups in total. The van der Waals surface area contributed by atoms with Gasteiger partial charge in [0.2, 0.25) is 0 Å². The van der Waals surface area contributed by atoms with Gasteiger partial charge in [-0.3, -0.25) is 0 Å². The fourth-order valence-corrected chi connectivity index (χ4v) is 2.27. The second-order valence-electron chi connectivity index (χ2n) is 3.78. The van der Waals surface area contributed by atoms with E-state index in [2.05, 4.69) is 0 Å². The van der Waals surface area contributed by atoms with E-state index < -0.39 is 11.7 Å². The highest BCUT2D eigenvalue weighted by molar-refractivity contribution is 6.39. The van der Waals surface area contributed by atoms with Crippen LogP contribution in [0.15, 0.2) is 28.7 Å². The number of halogens is 5. The van der Waals surface area contributed by atoms with Crippen LogP contribution in [0.5, 0.6) is 0 Å². The molecule has 2 rings (SSSR count). The van der Waals surface area contributed by atoms with Crippen LogP contribution >= 0.6 is 23.2 Å². The monoisotopic (exact) mass is 309 g/mol. The largest absolute Gasteiger partial charge is 0.460 e. The van der Waals surface area contributed by atoms with Gasteiger partial charge in [-0.2, -0.15) is 13.2 Å². The third kappa shape index (κ3) is 2.88. The number of rotatable bonds is 2. The van der Waals surface area contributed by atoms with Gasteiger partial charge in [-0.05, 0) is 24.3 Å². The van der Waals surface area contributed by atoms with E-state index in [0.717, 1.165) is 12.1 Å². The van der Waals surface area contributed by atoms with Crippen molar-refractivity contribution in [2.24, 2.45) is 5.73 Å². The van der Waals surface area contributed by atoms with Gasteiger partial charge in [0.1, 0.15) is 11.5 Å². The van der Waals surface area contributed by atoms with E-state index in [0.29, 0.717) is 5.76 Å². The van der Waals surface area contributed by atoms with Gasteiger partial charge >= 0.3 is 6.18 Å². The van der Waals surface area contributed by atoms with Crippen molar-refractivity contribution in [3.05, 3.63) is 45.6 Å². The molecule has 1 aromatic heterocycles. The lowest BCUT2D eigenvalue weighted by atomic mass is 10.1. The maximum Gasteiger partial charge on any atom is 0.416 e. The Bertz CT molecular complexity index is 584. The summed E-state index contributed by atoms with van der Waals surface area (Å²) in [5.74, 6) is 0.770. The van der Waals surface area contributed by atoms with Crippen LogP contribution in [0.1, 0.15) is 11.3 Å². The van der Waals surface area contributed by atoms with Crippen molar-refractivity contribution in [3.8, 4) is 11.3 Å². The van der Waals surface area contributed by atoms with Gasteiger partial charge in [0.05, 0.1) is 27.7 Å². The van der Waals surface area contributed by atoms with Crippen molar-refractivity contribution in [1.29, 1.82) is 0 Å². The first kappa shape index (κ1) is 14.2. The third-order valence-electron chi connectivity index (χ3n) is 2.48. The Hall–Kier alpha value is -1.17. The summed E-state index contributed by atoms with van der Waals surface area (Å²) in [6.07, 6.45) is -4.50. The molecule has 0 atom stereocenters. The normalized spacial score (nSPS) is 11.9. The SMILES string of the molecule is NCc1ccc(-c2c(Cl)cc(C(F)(F)F)cc2Cl)o1. The summed E-state index contributed by atoms with van der Waals surface area (Å²) < 4.78 is 43.1. The van der Waals surface area contributed by atoms with E-state index >= 15 is 0 Å². The van der Waals surface area contributed by atoms with Crippen LogP contribution in [0.25, 0.3) is 11.3 Å². The molecule has 0 unspecified atom stereocenters. The molecule has 2 aromatic rings. The molecule has 0 saturated heterocycles. The predicted molar refractivity (Wildman–Crippen MR) is 67.1 cm³/mol. The average Bonchev–Trinajstić information content (AvgIpc) is 2.75. The summed E-state index contributed by atoms with van der Waals surface area (Å²) in [5, 5.41) is -0.254. The van der Waals surface area contributed by atoms with Gasteiger partial charge in [-0.25, -0.2) is 0 Å². The highest BCUT2D eigenvalue weighted by atomic mass is 35.5. The maximum absolute atomic E-state index is 12.6. The molecule has 0 fully saturated rings. The lowest BCUT2D eigenvalue weighted by Crippen LogP contribution is -2.05. The van der Waals surface area contributed by atoms with E-state index in [4.69, 9.17) is 33.4 Å². The summed E-state index contributed by atoms with van der Waals surface area (Å²) in [7, 11) is 0. The minimum absolute atomic E-state index is 0.127. The Labute approximate surface area is 116 Å². The van der Waals surface area contributed by atoms with Crippen LogP contribution in [0.4, 0.5) is 13.2 Å². The molecule has 0 bridgehead atoms. The van der Waals surface area contributed by atoms with Crippen molar-refractivity contribution >= 4 is 23.2 Å². The van der Waals surface area contributed by atoms with E-state index in [1.165, 1.54) is 0 Å². The van der Waals surface area contributed by atoms with Gasteiger partial charge in [0.25, 0.3) is 0 Å². The number of nitrogens with two attached hydrogens (primary N) is 1. The molecule has 2 nitrogen and oxygen atoms in total. The molecule has 7 heteroatoms. The molecular weight excluding hydrogens is 302 g/mol. The summed E-state index contributed by atoms with van der Waals surface area (Å²) in [4.78, 5) is 0. The van der Waals surface area contributed by atoms with Crippen LogP contribution in [0, 0.1) is 0 Å². The quantitative estimate of drug-likeness (QED) is 0.871. The zero-order chi connectivity index (χ0) is 14.2. The predicted octanol–water partition coefficient (Wildman–Crippen LogP) is 4.73. The molecule has 0 aliphatic carbocycles. The van der Waals surface area contributed by atoms with E-state index in [-0.39, 0.29) is 27.9 Å². The summed E-state index contributed by atoms with van der Waals surface area (Å²) in [6.45, 7) is 0.176. The Morgan fingerprint density at radius 2 is 1.68 bits per heavy atom. The maximum atomic E-state index is 12.6. The van der Waals surface area contributed by atoms with Gasteiger partial charge in [0, 0.05) is 0 Å². The standard InChI is InChI=1S/C12H8Cl2F3NO/c13-8-3-6(12(15,16)17)4-9(14)11(8)10-2-1-7(5-18)19-10/h1-4H,5,18H2. The molecule has 0 spiro atoms. The van der Waals surface area contributed by atoms with Crippen molar-refractivity contribution in [3.63, 3.8) is 0 Å². The van der Waals surface area contributed by atoms with E-state index in [1.54, 1.807) is 12.1 Å². The van der Waals surface area contributed by atoms with E-state index in [1.807, 2.05) is 0 Å². The molecule has 0 aliphatic heterocycles. The minimum atomic E-state index is -4.50. The molecular formula is C12H8Cl2F3NO. The fraction of sp³-hybridized carbons (Fsp3) is 0.167. The third-order valence-corrected chi connectivity index (χ3v) is 3.07. The Balaban J connectivity index is 2.53. The second-order valence-corrected chi connectivity index (χ2v) is 4.60. The number of benzene rings is 1. The van der Waals surface area contributed by atoms with Crippen molar-refractivity contribution in [2.45, 2.75) is 12.7 Å². The summed E-state index contributed by atoms with van der Waals surface area (Å²) >= 11 is 11.7. The van der Waals surface area contributed by atoms with Gasteiger partial charge in [-0.15, -0.1) is 0 Å². The lowest BCUT2D eigenvalue weighted by molar-refractivity contribution is -0.137.